The number of hydrogen-bond acceptors (Lipinski definition) is 3. The summed E-state index contributed by atoms with van der Waals surface area (Å²) in [5.74, 6) is 1.66. The van der Waals surface area contributed by atoms with E-state index in [1.54, 1.807) is 6.20 Å². The highest BCUT2D eigenvalue weighted by atomic mass is 16.5. The van der Waals surface area contributed by atoms with Gasteiger partial charge in [0.2, 0.25) is 0 Å². The summed E-state index contributed by atoms with van der Waals surface area (Å²) < 4.78 is 5.52. The first kappa shape index (κ1) is 16.8. The predicted octanol–water partition coefficient (Wildman–Crippen LogP) is 2.74. The molecule has 0 saturated carbocycles. The number of nitrogens with one attached hydrogen (secondary N) is 2. The van der Waals surface area contributed by atoms with Crippen molar-refractivity contribution >= 4 is 5.96 Å². The third-order valence-electron chi connectivity index (χ3n) is 3.14. The molecule has 0 aliphatic rings. The summed E-state index contributed by atoms with van der Waals surface area (Å²) in [7, 11) is 0. The summed E-state index contributed by atoms with van der Waals surface area (Å²) in [5.41, 5.74) is 2.10. The molecule has 23 heavy (non-hydrogen) atoms. The molecule has 0 aliphatic carbocycles. The van der Waals surface area contributed by atoms with Crippen LogP contribution in [0.5, 0.6) is 5.75 Å². The Hall–Kier alpha value is -2.56. The average molecular weight is 312 g/mol. The molecule has 0 amide bonds. The van der Waals surface area contributed by atoms with Gasteiger partial charge in [0.25, 0.3) is 0 Å². The Balaban J connectivity index is 1.96. The molecule has 1 heterocycles. The second-order valence-electron chi connectivity index (χ2n) is 4.95. The van der Waals surface area contributed by atoms with Crippen molar-refractivity contribution in [2.45, 2.75) is 26.9 Å². The lowest BCUT2D eigenvalue weighted by Crippen LogP contribution is -2.36. The Labute approximate surface area is 137 Å². The number of rotatable bonds is 7. The van der Waals surface area contributed by atoms with E-state index in [1.165, 1.54) is 0 Å². The van der Waals surface area contributed by atoms with Crippen molar-refractivity contribution in [2.75, 3.05) is 13.2 Å². The maximum Gasteiger partial charge on any atom is 0.191 e. The van der Waals surface area contributed by atoms with E-state index in [9.17, 15) is 0 Å². The van der Waals surface area contributed by atoms with Crippen LogP contribution in [0.1, 0.15) is 25.1 Å². The lowest BCUT2D eigenvalue weighted by Gasteiger charge is -2.11. The highest BCUT2D eigenvalue weighted by molar-refractivity contribution is 5.79. The highest BCUT2D eigenvalue weighted by Gasteiger charge is 2.00. The number of ether oxygens (including phenoxy) is 1. The molecule has 0 atom stereocenters. The van der Waals surface area contributed by atoms with Crippen LogP contribution in [0.2, 0.25) is 0 Å². The van der Waals surface area contributed by atoms with E-state index in [0.717, 1.165) is 29.5 Å². The van der Waals surface area contributed by atoms with Crippen molar-refractivity contribution in [1.29, 1.82) is 0 Å². The van der Waals surface area contributed by atoms with E-state index in [1.807, 2.05) is 56.3 Å². The molecule has 0 saturated heterocycles. The molecule has 122 valence electrons. The monoisotopic (exact) mass is 312 g/mol. The Morgan fingerprint density at radius 1 is 1.13 bits per heavy atom. The van der Waals surface area contributed by atoms with Gasteiger partial charge < -0.3 is 15.4 Å². The highest BCUT2D eigenvalue weighted by Crippen LogP contribution is 2.13. The van der Waals surface area contributed by atoms with Crippen LogP contribution in [0, 0.1) is 0 Å². The molecular formula is C18H24N4O. The number of hydrogen-bond donors (Lipinski definition) is 2. The minimum Gasteiger partial charge on any atom is -0.494 e. The summed E-state index contributed by atoms with van der Waals surface area (Å²) in [6, 6.07) is 13.9. The molecule has 0 spiro atoms. The Morgan fingerprint density at radius 3 is 2.78 bits per heavy atom. The summed E-state index contributed by atoms with van der Waals surface area (Å²) in [4.78, 5) is 8.91. The van der Waals surface area contributed by atoms with Crippen molar-refractivity contribution < 1.29 is 4.74 Å². The van der Waals surface area contributed by atoms with Crippen LogP contribution < -0.4 is 15.4 Å². The molecular weight excluding hydrogens is 288 g/mol. The Bertz CT molecular complexity index is 613. The van der Waals surface area contributed by atoms with Crippen LogP contribution in [-0.4, -0.2) is 24.1 Å². The van der Waals surface area contributed by atoms with E-state index in [-0.39, 0.29) is 0 Å². The average Bonchev–Trinajstić information content (AvgIpc) is 2.59. The van der Waals surface area contributed by atoms with Gasteiger partial charge in [-0.3, -0.25) is 4.98 Å². The van der Waals surface area contributed by atoms with Gasteiger partial charge in [0.05, 0.1) is 25.4 Å². The maximum atomic E-state index is 5.52. The number of benzene rings is 1. The van der Waals surface area contributed by atoms with Gasteiger partial charge in [0.1, 0.15) is 5.75 Å². The van der Waals surface area contributed by atoms with Crippen LogP contribution in [0.3, 0.4) is 0 Å². The van der Waals surface area contributed by atoms with Crippen molar-refractivity contribution in [3.8, 4) is 5.75 Å². The van der Waals surface area contributed by atoms with Crippen molar-refractivity contribution in [1.82, 2.24) is 15.6 Å². The minimum atomic E-state index is 0.596. The number of nitrogens with zero attached hydrogens (tertiary/aromatic N) is 2. The second-order valence-corrected chi connectivity index (χ2v) is 4.95. The normalized spacial score (nSPS) is 11.1. The molecule has 1 aromatic carbocycles. The standard InChI is InChI=1S/C18H24N4O/c1-3-19-18(22-14-16-9-5-6-11-20-16)21-13-15-8-7-10-17(12-15)23-4-2/h5-12H,3-4,13-14H2,1-2H3,(H2,19,21,22). The molecule has 2 aromatic rings. The molecule has 2 rings (SSSR count). The zero-order chi connectivity index (χ0) is 16.3. The van der Waals surface area contributed by atoms with Gasteiger partial charge in [-0.2, -0.15) is 0 Å². The smallest absolute Gasteiger partial charge is 0.191 e. The van der Waals surface area contributed by atoms with E-state index >= 15 is 0 Å². The van der Waals surface area contributed by atoms with Crippen LogP contribution >= 0.6 is 0 Å². The lowest BCUT2D eigenvalue weighted by atomic mass is 10.2. The fraction of sp³-hybridized carbons (Fsp3) is 0.333. The zero-order valence-corrected chi connectivity index (χ0v) is 13.7. The fourth-order valence-corrected chi connectivity index (χ4v) is 2.09. The number of aromatic nitrogens is 1. The van der Waals surface area contributed by atoms with E-state index in [0.29, 0.717) is 19.7 Å². The Kier molecular flexibility index (Phi) is 6.91. The topological polar surface area (TPSA) is 58.5 Å². The van der Waals surface area contributed by atoms with Crippen LogP contribution in [0.25, 0.3) is 0 Å². The molecule has 0 unspecified atom stereocenters. The molecule has 0 fully saturated rings. The molecule has 5 heteroatoms. The van der Waals surface area contributed by atoms with Crippen LogP contribution in [0.15, 0.2) is 53.7 Å². The summed E-state index contributed by atoms with van der Waals surface area (Å²) in [5, 5.41) is 6.53. The van der Waals surface area contributed by atoms with Crippen molar-refractivity contribution in [3.05, 3.63) is 59.9 Å². The third kappa shape index (κ3) is 5.98. The minimum absolute atomic E-state index is 0.596. The van der Waals surface area contributed by atoms with Gasteiger partial charge >= 0.3 is 0 Å². The zero-order valence-electron chi connectivity index (χ0n) is 13.7. The van der Waals surface area contributed by atoms with E-state index in [2.05, 4.69) is 20.6 Å². The summed E-state index contributed by atoms with van der Waals surface area (Å²) >= 11 is 0. The van der Waals surface area contributed by atoms with Gasteiger partial charge in [-0.15, -0.1) is 0 Å². The molecule has 0 bridgehead atoms. The van der Waals surface area contributed by atoms with Gasteiger partial charge in [-0.05, 0) is 43.7 Å². The Morgan fingerprint density at radius 2 is 2.04 bits per heavy atom. The molecule has 0 radical (unpaired) electrons. The van der Waals surface area contributed by atoms with Gasteiger partial charge in [-0.1, -0.05) is 18.2 Å². The quantitative estimate of drug-likeness (QED) is 0.610. The molecule has 1 aromatic heterocycles. The van der Waals surface area contributed by atoms with E-state index in [4.69, 9.17) is 4.74 Å². The molecule has 2 N–H and O–H groups in total. The first-order chi connectivity index (χ1) is 11.3. The van der Waals surface area contributed by atoms with Crippen molar-refractivity contribution in [2.24, 2.45) is 4.99 Å². The second kappa shape index (κ2) is 9.46. The fourth-order valence-electron chi connectivity index (χ4n) is 2.09. The number of pyridine rings is 1. The van der Waals surface area contributed by atoms with E-state index < -0.39 is 0 Å². The van der Waals surface area contributed by atoms with Gasteiger partial charge in [0.15, 0.2) is 5.96 Å². The SMILES string of the molecule is CCNC(=NCc1cccc(OCC)c1)NCc1ccccn1. The predicted molar refractivity (Wildman–Crippen MR) is 93.5 cm³/mol. The molecule has 5 nitrogen and oxygen atoms in total. The summed E-state index contributed by atoms with van der Waals surface area (Å²) in [6.07, 6.45) is 1.79. The first-order valence-electron chi connectivity index (χ1n) is 7.95. The van der Waals surface area contributed by atoms with Gasteiger partial charge in [0, 0.05) is 12.7 Å². The maximum absolute atomic E-state index is 5.52. The molecule has 0 aliphatic heterocycles. The largest absolute Gasteiger partial charge is 0.494 e. The van der Waals surface area contributed by atoms with Crippen molar-refractivity contribution in [3.63, 3.8) is 0 Å². The lowest BCUT2D eigenvalue weighted by molar-refractivity contribution is 0.340. The number of guanidine groups is 1. The number of aliphatic imine (C=N–C) groups is 1. The first-order valence-corrected chi connectivity index (χ1v) is 7.95. The van der Waals surface area contributed by atoms with Crippen LogP contribution in [0.4, 0.5) is 0 Å². The third-order valence-corrected chi connectivity index (χ3v) is 3.14. The summed E-state index contributed by atoms with van der Waals surface area (Å²) in [6.45, 7) is 6.75. The van der Waals surface area contributed by atoms with Gasteiger partial charge in [-0.25, -0.2) is 4.99 Å². The van der Waals surface area contributed by atoms with Crippen LogP contribution in [-0.2, 0) is 13.1 Å².